The smallest absolute Gasteiger partial charge is 0.117 e. The summed E-state index contributed by atoms with van der Waals surface area (Å²) in [6, 6.07) is 21.9. The second-order valence-corrected chi connectivity index (χ2v) is 6.99. The minimum absolute atomic E-state index is 0.241. The van der Waals surface area contributed by atoms with E-state index in [0.717, 1.165) is 19.3 Å². The van der Waals surface area contributed by atoms with Crippen LogP contribution in [0.2, 0.25) is 0 Å². The van der Waals surface area contributed by atoms with E-state index in [1.807, 2.05) is 0 Å². The Morgan fingerprint density at radius 3 is 2.13 bits per heavy atom. The summed E-state index contributed by atoms with van der Waals surface area (Å²) < 4.78 is 0. The average Bonchev–Trinajstić information content (AvgIpc) is 2.59. The summed E-state index contributed by atoms with van der Waals surface area (Å²) in [6.07, 6.45) is 2.72. The van der Waals surface area contributed by atoms with Crippen LogP contribution in [0, 0.1) is 5.92 Å². The Morgan fingerprint density at radius 1 is 1.00 bits per heavy atom. The van der Waals surface area contributed by atoms with Gasteiger partial charge in [0.15, 0.2) is 0 Å². The molecule has 0 spiro atoms. The molecule has 2 aromatic carbocycles. The van der Waals surface area contributed by atoms with Gasteiger partial charge in [-0.2, -0.15) is 0 Å². The molecule has 0 radical (unpaired) electrons. The lowest BCUT2D eigenvalue weighted by atomic mass is 9.70. The molecule has 3 rings (SSSR count). The van der Waals surface area contributed by atoms with Crippen LogP contribution in [-0.4, -0.2) is 10.7 Å². The molecule has 23 heavy (non-hydrogen) atoms. The van der Waals surface area contributed by atoms with Crippen molar-refractivity contribution in [3.8, 4) is 0 Å². The summed E-state index contributed by atoms with van der Waals surface area (Å²) in [4.78, 5) is 0. The van der Waals surface area contributed by atoms with Gasteiger partial charge in [0.05, 0.1) is 5.60 Å². The number of benzene rings is 2. The fourth-order valence-corrected chi connectivity index (χ4v) is 4.15. The largest absolute Gasteiger partial charge is 0.389 e. The van der Waals surface area contributed by atoms with Crippen molar-refractivity contribution in [3.05, 3.63) is 71.8 Å². The summed E-state index contributed by atoms with van der Waals surface area (Å²) in [5, 5.41) is 13.8. The normalized spacial score (nSPS) is 31.0. The molecule has 0 aromatic heterocycles. The first kappa shape index (κ1) is 16.2. The SMILES string of the molecule is CCC[C@@]1(O)C[C@H](c2ccccc2)[NH2+][C@H](c2ccccc2)[C@@H]1C. The fourth-order valence-electron chi connectivity index (χ4n) is 4.15. The number of aliphatic hydroxyl groups is 1. The van der Waals surface area contributed by atoms with Crippen molar-refractivity contribution in [2.45, 2.75) is 50.8 Å². The van der Waals surface area contributed by atoms with Gasteiger partial charge in [-0.25, -0.2) is 0 Å². The highest BCUT2D eigenvalue weighted by atomic mass is 16.3. The summed E-state index contributed by atoms with van der Waals surface area (Å²) in [5.74, 6) is 0.241. The van der Waals surface area contributed by atoms with Gasteiger partial charge in [0.1, 0.15) is 12.1 Å². The van der Waals surface area contributed by atoms with Crippen molar-refractivity contribution in [1.29, 1.82) is 0 Å². The quantitative estimate of drug-likeness (QED) is 0.889. The minimum Gasteiger partial charge on any atom is -0.389 e. The van der Waals surface area contributed by atoms with E-state index >= 15 is 0 Å². The van der Waals surface area contributed by atoms with Crippen LogP contribution in [0.15, 0.2) is 60.7 Å². The third kappa shape index (κ3) is 3.34. The van der Waals surface area contributed by atoms with Crippen LogP contribution < -0.4 is 5.32 Å². The van der Waals surface area contributed by atoms with Gasteiger partial charge < -0.3 is 10.4 Å². The van der Waals surface area contributed by atoms with Gasteiger partial charge in [-0.3, -0.25) is 0 Å². The Kier molecular flexibility index (Phi) is 4.84. The molecule has 1 heterocycles. The molecule has 0 aliphatic carbocycles. The number of piperidine rings is 1. The Balaban J connectivity index is 1.95. The first-order valence-electron chi connectivity index (χ1n) is 8.81. The molecular formula is C21H28NO+. The summed E-state index contributed by atoms with van der Waals surface area (Å²) in [5.41, 5.74) is 2.04. The van der Waals surface area contributed by atoms with E-state index in [-0.39, 0.29) is 5.92 Å². The molecular weight excluding hydrogens is 282 g/mol. The van der Waals surface area contributed by atoms with Gasteiger partial charge in [-0.05, 0) is 6.42 Å². The van der Waals surface area contributed by atoms with Crippen LogP contribution in [0.4, 0.5) is 0 Å². The summed E-state index contributed by atoms with van der Waals surface area (Å²) >= 11 is 0. The predicted molar refractivity (Wildman–Crippen MR) is 93.9 cm³/mol. The molecule has 0 amide bonds. The van der Waals surface area contributed by atoms with E-state index in [9.17, 15) is 5.11 Å². The molecule has 0 bridgehead atoms. The Labute approximate surface area is 139 Å². The van der Waals surface area contributed by atoms with Gasteiger partial charge >= 0.3 is 0 Å². The first-order chi connectivity index (χ1) is 11.1. The van der Waals surface area contributed by atoms with E-state index < -0.39 is 5.60 Å². The molecule has 1 saturated heterocycles. The number of quaternary nitrogens is 1. The van der Waals surface area contributed by atoms with Crippen LogP contribution in [0.1, 0.15) is 56.3 Å². The Bertz CT molecular complexity index is 612. The Morgan fingerprint density at radius 2 is 1.57 bits per heavy atom. The zero-order chi connectivity index (χ0) is 16.3. The fraction of sp³-hybridized carbons (Fsp3) is 0.429. The van der Waals surface area contributed by atoms with E-state index in [1.165, 1.54) is 11.1 Å². The van der Waals surface area contributed by atoms with Crippen LogP contribution in [0.5, 0.6) is 0 Å². The second-order valence-electron chi connectivity index (χ2n) is 6.99. The van der Waals surface area contributed by atoms with Gasteiger partial charge in [-0.1, -0.05) is 80.9 Å². The zero-order valence-electron chi connectivity index (χ0n) is 14.2. The van der Waals surface area contributed by atoms with E-state index in [4.69, 9.17) is 0 Å². The molecule has 1 fully saturated rings. The number of nitrogens with two attached hydrogens (primary N) is 1. The molecule has 0 saturated carbocycles. The zero-order valence-corrected chi connectivity index (χ0v) is 14.2. The molecule has 122 valence electrons. The third-order valence-electron chi connectivity index (χ3n) is 5.49. The molecule has 1 aliphatic heterocycles. The predicted octanol–water partition coefficient (Wildman–Crippen LogP) is 3.60. The van der Waals surface area contributed by atoms with Crippen LogP contribution in [0.3, 0.4) is 0 Å². The highest BCUT2D eigenvalue weighted by molar-refractivity contribution is 5.22. The van der Waals surface area contributed by atoms with Crippen molar-refractivity contribution >= 4 is 0 Å². The maximum Gasteiger partial charge on any atom is 0.117 e. The van der Waals surface area contributed by atoms with E-state index in [2.05, 4.69) is 79.8 Å². The first-order valence-corrected chi connectivity index (χ1v) is 8.81. The number of hydrogen-bond acceptors (Lipinski definition) is 1. The lowest BCUT2D eigenvalue weighted by Gasteiger charge is -2.45. The topological polar surface area (TPSA) is 36.8 Å². The van der Waals surface area contributed by atoms with Crippen LogP contribution in [0.25, 0.3) is 0 Å². The molecule has 1 aliphatic rings. The third-order valence-corrected chi connectivity index (χ3v) is 5.49. The summed E-state index contributed by atoms with van der Waals surface area (Å²) in [7, 11) is 0. The molecule has 4 atom stereocenters. The van der Waals surface area contributed by atoms with Crippen molar-refractivity contribution in [2.75, 3.05) is 0 Å². The van der Waals surface area contributed by atoms with Crippen molar-refractivity contribution in [1.82, 2.24) is 0 Å². The van der Waals surface area contributed by atoms with Gasteiger partial charge in [0.2, 0.25) is 0 Å². The second kappa shape index (κ2) is 6.86. The molecule has 2 nitrogen and oxygen atoms in total. The van der Waals surface area contributed by atoms with Gasteiger partial charge in [0.25, 0.3) is 0 Å². The highest BCUT2D eigenvalue weighted by Crippen LogP contribution is 2.41. The van der Waals surface area contributed by atoms with Crippen molar-refractivity contribution < 1.29 is 10.4 Å². The number of hydrogen-bond donors (Lipinski definition) is 2. The standard InChI is InChI=1S/C21H27NO/c1-3-14-21(23)15-19(17-10-6-4-7-11-17)22-20(16(21)2)18-12-8-5-9-13-18/h4-13,16,19-20,22-23H,3,14-15H2,1-2H3/p+1/t16-,19+,20-,21+/m0/s1. The maximum atomic E-state index is 11.4. The van der Waals surface area contributed by atoms with Crippen LogP contribution >= 0.6 is 0 Å². The van der Waals surface area contributed by atoms with Crippen molar-refractivity contribution in [3.63, 3.8) is 0 Å². The highest BCUT2D eigenvalue weighted by Gasteiger charge is 2.48. The van der Waals surface area contributed by atoms with E-state index in [0.29, 0.717) is 12.1 Å². The van der Waals surface area contributed by atoms with Gasteiger partial charge in [0, 0.05) is 23.5 Å². The van der Waals surface area contributed by atoms with E-state index in [1.54, 1.807) is 0 Å². The molecule has 2 aromatic rings. The average molecular weight is 310 g/mol. The molecule has 0 unspecified atom stereocenters. The minimum atomic E-state index is -0.593. The lowest BCUT2D eigenvalue weighted by Crippen LogP contribution is -2.91. The van der Waals surface area contributed by atoms with Crippen LogP contribution in [-0.2, 0) is 0 Å². The number of rotatable bonds is 4. The molecule has 3 N–H and O–H groups in total. The van der Waals surface area contributed by atoms with Crippen molar-refractivity contribution in [2.24, 2.45) is 5.92 Å². The Hall–Kier alpha value is -1.64. The monoisotopic (exact) mass is 310 g/mol. The molecule has 2 heteroatoms. The van der Waals surface area contributed by atoms with Gasteiger partial charge in [-0.15, -0.1) is 0 Å². The lowest BCUT2D eigenvalue weighted by molar-refractivity contribution is -0.756. The summed E-state index contributed by atoms with van der Waals surface area (Å²) in [6.45, 7) is 4.38. The maximum absolute atomic E-state index is 11.4.